The molecule has 0 aliphatic carbocycles. The molecule has 1 aromatic heterocycles. The molecule has 1 amide bonds. The first-order valence-corrected chi connectivity index (χ1v) is 6.29. The van der Waals surface area contributed by atoms with Crippen molar-refractivity contribution in [2.24, 2.45) is 0 Å². The highest BCUT2D eigenvalue weighted by Crippen LogP contribution is 2.14. The van der Waals surface area contributed by atoms with E-state index in [-0.39, 0.29) is 0 Å². The molecule has 6 nitrogen and oxygen atoms in total. The first kappa shape index (κ1) is 13.8. The largest absolute Gasteiger partial charge is 0.450 e. The van der Waals surface area contributed by atoms with Gasteiger partial charge in [0.15, 0.2) is 0 Å². The van der Waals surface area contributed by atoms with Gasteiger partial charge in [0.2, 0.25) is 0 Å². The van der Waals surface area contributed by atoms with Crippen LogP contribution in [0.2, 0.25) is 0 Å². The maximum absolute atomic E-state index is 11.2. The van der Waals surface area contributed by atoms with Crippen LogP contribution in [-0.2, 0) is 11.3 Å². The summed E-state index contributed by atoms with van der Waals surface area (Å²) < 4.78 is 4.80. The summed E-state index contributed by atoms with van der Waals surface area (Å²) in [6.45, 7) is 2.76. The third-order valence-corrected chi connectivity index (χ3v) is 2.52. The predicted octanol–water partition coefficient (Wildman–Crippen LogP) is 2.66. The number of ether oxygens (including phenoxy) is 1. The topological polar surface area (TPSA) is 76.1 Å². The summed E-state index contributed by atoms with van der Waals surface area (Å²) >= 11 is 0. The predicted molar refractivity (Wildman–Crippen MR) is 76.4 cm³/mol. The van der Waals surface area contributed by atoms with Gasteiger partial charge in [0.25, 0.3) is 0 Å². The molecule has 20 heavy (non-hydrogen) atoms. The number of rotatable bonds is 5. The average Bonchev–Trinajstić information content (AvgIpc) is 2.48. The van der Waals surface area contributed by atoms with E-state index in [1.807, 2.05) is 12.1 Å². The van der Waals surface area contributed by atoms with Gasteiger partial charge < -0.3 is 10.1 Å². The van der Waals surface area contributed by atoms with Crippen molar-refractivity contribution in [1.29, 1.82) is 0 Å². The highest BCUT2D eigenvalue weighted by Gasteiger charge is 2.01. The monoisotopic (exact) mass is 272 g/mol. The van der Waals surface area contributed by atoms with E-state index in [9.17, 15) is 4.79 Å². The smallest absolute Gasteiger partial charge is 0.411 e. The Morgan fingerprint density at radius 1 is 1.15 bits per heavy atom. The number of nitrogens with one attached hydrogen (secondary N) is 2. The van der Waals surface area contributed by atoms with E-state index in [1.54, 1.807) is 31.5 Å². The molecule has 2 N–H and O–H groups in total. The SMILES string of the molecule is CCOC(=O)Nc1ccc(NCc2cncnc2)cc1. The Morgan fingerprint density at radius 3 is 2.45 bits per heavy atom. The van der Waals surface area contributed by atoms with Gasteiger partial charge in [-0.15, -0.1) is 0 Å². The Labute approximate surface area is 117 Å². The number of benzene rings is 1. The van der Waals surface area contributed by atoms with Crippen LogP contribution in [0.4, 0.5) is 16.2 Å². The summed E-state index contributed by atoms with van der Waals surface area (Å²) in [6, 6.07) is 7.37. The van der Waals surface area contributed by atoms with Gasteiger partial charge in [0.05, 0.1) is 6.61 Å². The van der Waals surface area contributed by atoms with E-state index < -0.39 is 6.09 Å². The molecule has 6 heteroatoms. The fraction of sp³-hybridized carbons (Fsp3) is 0.214. The third-order valence-electron chi connectivity index (χ3n) is 2.52. The molecular formula is C14H16N4O2. The van der Waals surface area contributed by atoms with Gasteiger partial charge in [0, 0.05) is 35.9 Å². The van der Waals surface area contributed by atoms with Crippen molar-refractivity contribution < 1.29 is 9.53 Å². The highest BCUT2D eigenvalue weighted by atomic mass is 16.5. The Bertz CT molecular complexity index is 543. The molecule has 104 valence electrons. The number of amides is 1. The van der Waals surface area contributed by atoms with Gasteiger partial charge in [-0.1, -0.05) is 0 Å². The van der Waals surface area contributed by atoms with Crippen molar-refractivity contribution >= 4 is 17.5 Å². The molecule has 2 aromatic rings. The number of carbonyl (C=O) groups is 1. The second-order valence-electron chi connectivity index (χ2n) is 4.02. The normalized spacial score (nSPS) is 9.85. The average molecular weight is 272 g/mol. The van der Waals surface area contributed by atoms with E-state index in [4.69, 9.17) is 4.74 Å². The van der Waals surface area contributed by atoms with E-state index in [1.165, 1.54) is 6.33 Å². The Kier molecular flexibility index (Phi) is 4.88. The minimum Gasteiger partial charge on any atom is -0.450 e. The zero-order valence-corrected chi connectivity index (χ0v) is 11.2. The van der Waals surface area contributed by atoms with Crippen molar-refractivity contribution in [1.82, 2.24) is 9.97 Å². The molecule has 0 fully saturated rings. The van der Waals surface area contributed by atoms with Crippen molar-refractivity contribution in [2.45, 2.75) is 13.5 Å². The third kappa shape index (κ3) is 4.24. The number of anilines is 2. The lowest BCUT2D eigenvalue weighted by Gasteiger charge is -2.08. The van der Waals surface area contributed by atoms with Crippen LogP contribution in [0.5, 0.6) is 0 Å². The van der Waals surface area contributed by atoms with Gasteiger partial charge in [-0.05, 0) is 31.2 Å². The van der Waals surface area contributed by atoms with Crippen LogP contribution in [0.25, 0.3) is 0 Å². The lowest BCUT2D eigenvalue weighted by atomic mass is 10.2. The highest BCUT2D eigenvalue weighted by molar-refractivity contribution is 5.84. The van der Waals surface area contributed by atoms with Crippen molar-refractivity contribution in [3.8, 4) is 0 Å². The first-order valence-electron chi connectivity index (χ1n) is 6.29. The Morgan fingerprint density at radius 2 is 1.80 bits per heavy atom. The molecule has 0 aliphatic rings. The van der Waals surface area contributed by atoms with E-state index in [2.05, 4.69) is 20.6 Å². The minimum absolute atomic E-state index is 0.352. The molecule has 0 atom stereocenters. The summed E-state index contributed by atoms with van der Waals surface area (Å²) in [5.41, 5.74) is 2.64. The number of carbonyl (C=O) groups excluding carboxylic acids is 1. The summed E-state index contributed by atoms with van der Waals surface area (Å²) in [6.07, 6.45) is 4.57. The number of hydrogen-bond donors (Lipinski definition) is 2. The van der Waals surface area contributed by atoms with Crippen LogP contribution in [0.3, 0.4) is 0 Å². The fourth-order valence-corrected chi connectivity index (χ4v) is 1.58. The second kappa shape index (κ2) is 7.08. The summed E-state index contributed by atoms with van der Waals surface area (Å²) in [4.78, 5) is 19.1. The van der Waals surface area contributed by atoms with Gasteiger partial charge >= 0.3 is 6.09 Å². The van der Waals surface area contributed by atoms with E-state index in [0.717, 1.165) is 11.3 Å². The lowest BCUT2D eigenvalue weighted by molar-refractivity contribution is 0.168. The lowest BCUT2D eigenvalue weighted by Crippen LogP contribution is -2.13. The molecule has 2 rings (SSSR count). The molecular weight excluding hydrogens is 256 g/mol. The maximum Gasteiger partial charge on any atom is 0.411 e. The summed E-state index contributed by atoms with van der Waals surface area (Å²) in [7, 11) is 0. The van der Waals surface area contributed by atoms with Gasteiger partial charge in [-0.3, -0.25) is 5.32 Å². The molecule has 0 saturated carbocycles. The molecule has 0 unspecified atom stereocenters. The van der Waals surface area contributed by atoms with Crippen molar-refractivity contribution in [2.75, 3.05) is 17.2 Å². The molecule has 1 heterocycles. The van der Waals surface area contributed by atoms with Gasteiger partial charge in [0.1, 0.15) is 6.33 Å². The molecule has 0 aliphatic heterocycles. The number of aromatic nitrogens is 2. The maximum atomic E-state index is 11.2. The van der Waals surface area contributed by atoms with E-state index >= 15 is 0 Å². The van der Waals surface area contributed by atoms with Crippen LogP contribution >= 0.6 is 0 Å². The van der Waals surface area contributed by atoms with Crippen LogP contribution in [0.1, 0.15) is 12.5 Å². The zero-order valence-electron chi connectivity index (χ0n) is 11.2. The van der Waals surface area contributed by atoms with E-state index in [0.29, 0.717) is 18.8 Å². The Hall–Kier alpha value is -2.63. The van der Waals surface area contributed by atoms with Gasteiger partial charge in [-0.25, -0.2) is 14.8 Å². The number of hydrogen-bond acceptors (Lipinski definition) is 5. The fourth-order valence-electron chi connectivity index (χ4n) is 1.58. The molecule has 1 aromatic carbocycles. The summed E-state index contributed by atoms with van der Waals surface area (Å²) in [5, 5.41) is 5.88. The summed E-state index contributed by atoms with van der Waals surface area (Å²) in [5.74, 6) is 0. The standard InChI is InChI=1S/C14H16N4O2/c1-2-20-14(19)18-13-5-3-12(4-6-13)17-9-11-7-15-10-16-8-11/h3-8,10,17H,2,9H2,1H3,(H,18,19). The van der Waals surface area contributed by atoms with Crippen LogP contribution in [0.15, 0.2) is 43.0 Å². The minimum atomic E-state index is -0.449. The molecule has 0 spiro atoms. The first-order chi connectivity index (χ1) is 9.78. The van der Waals surface area contributed by atoms with Crippen LogP contribution in [0, 0.1) is 0 Å². The number of nitrogens with zero attached hydrogens (tertiary/aromatic N) is 2. The van der Waals surface area contributed by atoms with Crippen molar-refractivity contribution in [3.63, 3.8) is 0 Å². The molecule has 0 bridgehead atoms. The van der Waals surface area contributed by atoms with Crippen molar-refractivity contribution in [3.05, 3.63) is 48.5 Å². The quantitative estimate of drug-likeness (QED) is 0.875. The second-order valence-corrected chi connectivity index (χ2v) is 4.02. The Balaban J connectivity index is 1.87. The molecule has 0 radical (unpaired) electrons. The van der Waals surface area contributed by atoms with Crippen LogP contribution < -0.4 is 10.6 Å². The van der Waals surface area contributed by atoms with Gasteiger partial charge in [-0.2, -0.15) is 0 Å². The molecule has 0 saturated heterocycles. The zero-order chi connectivity index (χ0) is 14.2. The van der Waals surface area contributed by atoms with Crippen LogP contribution in [-0.4, -0.2) is 22.7 Å².